The van der Waals surface area contributed by atoms with Gasteiger partial charge in [0.25, 0.3) is 5.91 Å². The first kappa shape index (κ1) is 22.7. The number of carbonyl (C=O) groups excluding carboxylic acids is 1. The second-order valence-corrected chi connectivity index (χ2v) is 6.95. The van der Waals surface area contributed by atoms with Crippen molar-refractivity contribution in [1.82, 2.24) is 4.90 Å². The van der Waals surface area contributed by atoms with E-state index in [4.69, 9.17) is 23.7 Å². The van der Waals surface area contributed by atoms with Crippen molar-refractivity contribution in [2.75, 3.05) is 47.7 Å². The van der Waals surface area contributed by atoms with Gasteiger partial charge < -0.3 is 33.7 Å². The molecule has 0 aromatic heterocycles. The number of amides is 1. The van der Waals surface area contributed by atoms with Gasteiger partial charge in [0.05, 0.1) is 47.2 Å². The lowest BCUT2D eigenvalue weighted by Crippen LogP contribution is -2.49. The number of ether oxygens (including phenoxy) is 5. The molecule has 0 unspecified atom stereocenters. The lowest BCUT2D eigenvalue weighted by Gasteiger charge is -2.41. The normalized spacial score (nSPS) is 18.4. The zero-order valence-electron chi connectivity index (χ0n) is 18.3. The molecule has 1 heterocycles. The van der Waals surface area contributed by atoms with Crippen molar-refractivity contribution in [3.63, 3.8) is 0 Å². The number of morpholine rings is 1. The highest BCUT2D eigenvalue weighted by Gasteiger charge is 2.37. The van der Waals surface area contributed by atoms with E-state index in [0.717, 1.165) is 5.56 Å². The van der Waals surface area contributed by atoms with Crippen molar-refractivity contribution in [1.29, 1.82) is 0 Å². The van der Waals surface area contributed by atoms with Gasteiger partial charge in [0.2, 0.25) is 0 Å². The zero-order chi connectivity index (χ0) is 22.4. The summed E-state index contributed by atoms with van der Waals surface area (Å²) in [5, 5.41) is 9.94. The predicted octanol–water partition coefficient (Wildman–Crippen LogP) is 2.69. The fourth-order valence-corrected chi connectivity index (χ4v) is 3.79. The molecule has 0 bridgehead atoms. The molecule has 0 spiro atoms. The first-order chi connectivity index (χ1) is 15.1. The Morgan fingerprint density at radius 2 is 1.71 bits per heavy atom. The van der Waals surface area contributed by atoms with E-state index in [2.05, 4.69) is 0 Å². The van der Waals surface area contributed by atoms with Gasteiger partial charge in [-0.15, -0.1) is 0 Å². The summed E-state index contributed by atoms with van der Waals surface area (Å²) in [7, 11) is 4.65. The fourth-order valence-electron chi connectivity index (χ4n) is 3.79. The average molecular weight is 431 g/mol. The summed E-state index contributed by atoms with van der Waals surface area (Å²) >= 11 is 0. The van der Waals surface area contributed by atoms with Crippen molar-refractivity contribution < 1.29 is 33.6 Å². The van der Waals surface area contributed by atoms with Crippen LogP contribution in [0.2, 0.25) is 0 Å². The van der Waals surface area contributed by atoms with E-state index in [1.54, 1.807) is 49.5 Å². The molecule has 0 radical (unpaired) electrons. The van der Waals surface area contributed by atoms with Crippen molar-refractivity contribution in [2.24, 2.45) is 0 Å². The van der Waals surface area contributed by atoms with Crippen LogP contribution in [0.4, 0.5) is 0 Å². The summed E-state index contributed by atoms with van der Waals surface area (Å²) < 4.78 is 27.5. The van der Waals surface area contributed by atoms with E-state index in [1.807, 2.05) is 13.0 Å². The van der Waals surface area contributed by atoms with Crippen LogP contribution < -0.4 is 18.9 Å². The maximum atomic E-state index is 13.5. The third-order valence-corrected chi connectivity index (χ3v) is 5.25. The quantitative estimate of drug-likeness (QED) is 0.688. The van der Waals surface area contributed by atoms with E-state index in [0.29, 0.717) is 48.3 Å². The molecule has 1 saturated heterocycles. The number of aliphatic hydroxyl groups is 1. The molecule has 168 valence electrons. The molecule has 1 amide bonds. The number of benzene rings is 2. The lowest BCUT2D eigenvalue weighted by molar-refractivity contribution is -0.0811. The van der Waals surface area contributed by atoms with Gasteiger partial charge in [-0.1, -0.05) is 6.07 Å². The average Bonchev–Trinajstić information content (AvgIpc) is 2.82. The third-order valence-electron chi connectivity index (χ3n) is 5.25. The van der Waals surface area contributed by atoms with Crippen molar-refractivity contribution >= 4 is 5.91 Å². The van der Waals surface area contributed by atoms with Gasteiger partial charge in [0, 0.05) is 12.1 Å². The molecular weight excluding hydrogens is 402 g/mol. The molecule has 1 N–H and O–H groups in total. The Balaban J connectivity index is 1.99. The van der Waals surface area contributed by atoms with Crippen LogP contribution in [0.15, 0.2) is 36.4 Å². The fraction of sp³-hybridized carbons (Fsp3) is 0.435. The Kier molecular flexibility index (Phi) is 7.59. The summed E-state index contributed by atoms with van der Waals surface area (Å²) in [5.74, 6) is 1.99. The van der Waals surface area contributed by atoms with Crippen molar-refractivity contribution in [3.05, 3.63) is 47.5 Å². The van der Waals surface area contributed by atoms with Gasteiger partial charge in [-0.2, -0.15) is 0 Å². The Hall–Kier alpha value is -2.97. The highest BCUT2D eigenvalue weighted by molar-refractivity contribution is 5.95. The summed E-state index contributed by atoms with van der Waals surface area (Å²) in [5.41, 5.74) is 1.24. The summed E-state index contributed by atoms with van der Waals surface area (Å²) in [6.07, 6.45) is -0.569. The van der Waals surface area contributed by atoms with Gasteiger partial charge in [0.15, 0.2) is 23.0 Å². The summed E-state index contributed by atoms with van der Waals surface area (Å²) in [6.45, 7) is 2.86. The number of methoxy groups -OCH3 is 3. The van der Waals surface area contributed by atoms with Crippen molar-refractivity contribution in [2.45, 2.75) is 19.1 Å². The summed E-state index contributed by atoms with van der Waals surface area (Å²) in [4.78, 5) is 15.2. The predicted molar refractivity (Wildman–Crippen MR) is 114 cm³/mol. The van der Waals surface area contributed by atoms with E-state index in [9.17, 15) is 9.90 Å². The first-order valence-electron chi connectivity index (χ1n) is 10.1. The number of rotatable bonds is 8. The number of hydrogen-bond acceptors (Lipinski definition) is 7. The molecule has 1 fully saturated rings. The first-order valence-corrected chi connectivity index (χ1v) is 10.1. The van der Waals surface area contributed by atoms with Gasteiger partial charge in [-0.25, -0.2) is 0 Å². The molecule has 31 heavy (non-hydrogen) atoms. The number of carbonyl (C=O) groups is 1. The van der Waals surface area contributed by atoms with Crippen LogP contribution in [0.1, 0.15) is 28.9 Å². The van der Waals surface area contributed by atoms with E-state index in [1.165, 1.54) is 7.11 Å². The largest absolute Gasteiger partial charge is 0.493 e. The van der Waals surface area contributed by atoms with E-state index >= 15 is 0 Å². The second-order valence-electron chi connectivity index (χ2n) is 6.95. The van der Waals surface area contributed by atoms with Crippen LogP contribution in [0.5, 0.6) is 23.0 Å². The molecule has 3 rings (SSSR count). The molecule has 8 heteroatoms. The number of hydrogen-bond donors (Lipinski definition) is 1. The van der Waals surface area contributed by atoms with Gasteiger partial charge in [0.1, 0.15) is 6.10 Å². The molecule has 0 saturated carbocycles. The highest BCUT2D eigenvalue weighted by atomic mass is 16.5. The molecule has 1 aliphatic rings. The minimum absolute atomic E-state index is 0.192. The standard InChI is InChI=1S/C23H29NO7/c1-5-30-18-9-7-16(13-20(18)29-4)23(26)24-10-11-31-21(14-25)22(24)15-6-8-17(27-2)19(12-15)28-3/h6-9,12-13,21-22,25H,5,10-11,14H2,1-4H3/t21-,22-/m1/s1. The zero-order valence-corrected chi connectivity index (χ0v) is 18.3. The Labute approximate surface area is 182 Å². The Morgan fingerprint density at radius 1 is 1.03 bits per heavy atom. The van der Waals surface area contributed by atoms with Crippen LogP contribution >= 0.6 is 0 Å². The minimum atomic E-state index is -0.569. The summed E-state index contributed by atoms with van der Waals surface area (Å²) in [6, 6.07) is 10.0. The van der Waals surface area contributed by atoms with Gasteiger partial charge >= 0.3 is 0 Å². The second kappa shape index (κ2) is 10.4. The van der Waals surface area contributed by atoms with Crippen LogP contribution in [-0.4, -0.2) is 69.7 Å². The maximum Gasteiger partial charge on any atom is 0.254 e. The number of nitrogens with zero attached hydrogens (tertiary/aromatic N) is 1. The molecule has 2 atom stereocenters. The molecule has 2 aromatic carbocycles. The molecule has 1 aliphatic heterocycles. The van der Waals surface area contributed by atoms with Crippen LogP contribution in [0.3, 0.4) is 0 Å². The van der Waals surface area contributed by atoms with Crippen molar-refractivity contribution in [3.8, 4) is 23.0 Å². The molecule has 8 nitrogen and oxygen atoms in total. The van der Waals surface area contributed by atoms with E-state index in [-0.39, 0.29) is 12.5 Å². The van der Waals surface area contributed by atoms with Crippen LogP contribution in [0.25, 0.3) is 0 Å². The molecule has 2 aromatic rings. The highest BCUT2D eigenvalue weighted by Crippen LogP contribution is 2.37. The number of aliphatic hydroxyl groups excluding tert-OH is 1. The van der Waals surface area contributed by atoms with Crippen LogP contribution in [0, 0.1) is 0 Å². The lowest BCUT2D eigenvalue weighted by atomic mass is 9.96. The maximum absolute atomic E-state index is 13.5. The van der Waals surface area contributed by atoms with Crippen LogP contribution in [-0.2, 0) is 4.74 Å². The minimum Gasteiger partial charge on any atom is -0.493 e. The smallest absolute Gasteiger partial charge is 0.254 e. The molecular formula is C23H29NO7. The van der Waals surface area contributed by atoms with Gasteiger partial charge in [-0.05, 0) is 42.8 Å². The Bertz CT molecular complexity index is 901. The topological polar surface area (TPSA) is 86.7 Å². The van der Waals surface area contributed by atoms with E-state index < -0.39 is 12.1 Å². The Morgan fingerprint density at radius 3 is 2.35 bits per heavy atom. The SMILES string of the molecule is CCOc1ccc(C(=O)N2CCO[C@H](CO)[C@H]2c2ccc(OC)c(OC)c2)cc1OC. The van der Waals surface area contributed by atoms with Gasteiger partial charge in [-0.3, -0.25) is 4.79 Å². The third kappa shape index (κ3) is 4.70. The monoisotopic (exact) mass is 431 g/mol. The molecule has 0 aliphatic carbocycles.